The van der Waals surface area contributed by atoms with E-state index in [9.17, 15) is 0 Å². The number of aromatic nitrogens is 2. The van der Waals surface area contributed by atoms with Crippen LogP contribution in [0, 0.1) is 0 Å². The van der Waals surface area contributed by atoms with Gasteiger partial charge in [0.15, 0.2) is 5.82 Å². The van der Waals surface area contributed by atoms with Crippen molar-refractivity contribution in [3.8, 4) is 0 Å². The van der Waals surface area contributed by atoms with Crippen LogP contribution in [-0.4, -0.2) is 47.4 Å². The Kier molecular flexibility index (Phi) is 4.36. The Hall–Kier alpha value is -0.940. The van der Waals surface area contributed by atoms with E-state index in [0.717, 1.165) is 44.3 Å². The molecule has 1 aromatic heterocycles. The Bertz CT molecular complexity index is 427. The topological polar surface area (TPSA) is 51.4 Å². The normalized spacial score (nSPS) is 26.2. The Morgan fingerprint density at radius 3 is 2.70 bits per heavy atom. The number of nitrogens with zero attached hydrogens (tertiary/aromatic N) is 3. The molecule has 0 aromatic carbocycles. The summed E-state index contributed by atoms with van der Waals surface area (Å²) in [7, 11) is 0. The van der Waals surface area contributed by atoms with Crippen LogP contribution in [-0.2, 0) is 4.74 Å². The molecule has 0 N–H and O–H groups in total. The van der Waals surface area contributed by atoms with Gasteiger partial charge in [-0.25, -0.2) is 0 Å². The maximum atomic E-state index is 5.49. The van der Waals surface area contributed by atoms with E-state index in [1.807, 2.05) is 0 Å². The summed E-state index contributed by atoms with van der Waals surface area (Å²) in [6.07, 6.45) is 4.71. The Morgan fingerprint density at radius 1 is 1.20 bits per heavy atom. The van der Waals surface area contributed by atoms with Crippen LogP contribution >= 0.6 is 0 Å². The summed E-state index contributed by atoms with van der Waals surface area (Å²) in [5.41, 5.74) is 0. The SMILES string of the molecule is CC(C)c1noc(C2CCCN(C3CCOCC3)C2)n1. The van der Waals surface area contributed by atoms with Crippen molar-refractivity contribution < 1.29 is 9.26 Å². The van der Waals surface area contributed by atoms with Gasteiger partial charge < -0.3 is 9.26 Å². The minimum atomic E-state index is 0.336. The van der Waals surface area contributed by atoms with Crippen molar-refractivity contribution in [1.29, 1.82) is 0 Å². The average molecular weight is 279 g/mol. The smallest absolute Gasteiger partial charge is 0.231 e. The van der Waals surface area contributed by atoms with Crippen molar-refractivity contribution in [1.82, 2.24) is 15.0 Å². The molecule has 1 atom stereocenters. The van der Waals surface area contributed by atoms with Crippen molar-refractivity contribution >= 4 is 0 Å². The molecule has 5 heteroatoms. The van der Waals surface area contributed by atoms with Gasteiger partial charge in [-0.05, 0) is 32.2 Å². The fourth-order valence-electron chi connectivity index (χ4n) is 3.24. The molecule has 0 radical (unpaired) electrons. The van der Waals surface area contributed by atoms with Gasteiger partial charge in [-0.2, -0.15) is 4.98 Å². The lowest BCUT2D eigenvalue weighted by Crippen LogP contribution is -2.44. The number of hydrogen-bond donors (Lipinski definition) is 0. The first-order chi connectivity index (χ1) is 9.74. The number of ether oxygens (including phenoxy) is 1. The largest absolute Gasteiger partial charge is 0.381 e. The molecule has 3 rings (SSSR count). The van der Waals surface area contributed by atoms with Gasteiger partial charge in [0.05, 0.1) is 5.92 Å². The first-order valence-corrected chi connectivity index (χ1v) is 7.89. The van der Waals surface area contributed by atoms with E-state index < -0.39 is 0 Å². The van der Waals surface area contributed by atoms with E-state index >= 15 is 0 Å². The van der Waals surface area contributed by atoms with Crippen LogP contribution in [0.5, 0.6) is 0 Å². The molecule has 0 spiro atoms. The van der Waals surface area contributed by atoms with Crippen LogP contribution in [0.25, 0.3) is 0 Å². The van der Waals surface area contributed by atoms with Crippen LogP contribution in [0.1, 0.15) is 63.1 Å². The van der Waals surface area contributed by atoms with Crippen molar-refractivity contribution in [3.05, 3.63) is 11.7 Å². The lowest BCUT2D eigenvalue weighted by Gasteiger charge is -2.38. The van der Waals surface area contributed by atoms with Gasteiger partial charge in [0.2, 0.25) is 5.89 Å². The Balaban J connectivity index is 1.64. The molecule has 0 bridgehead atoms. The molecule has 2 aliphatic heterocycles. The molecule has 2 fully saturated rings. The van der Waals surface area contributed by atoms with Crippen molar-refractivity contribution in [2.45, 2.75) is 57.4 Å². The third-order valence-electron chi connectivity index (χ3n) is 4.48. The van der Waals surface area contributed by atoms with Crippen molar-refractivity contribution in [2.75, 3.05) is 26.3 Å². The van der Waals surface area contributed by atoms with E-state index in [2.05, 4.69) is 28.9 Å². The summed E-state index contributed by atoms with van der Waals surface area (Å²) in [4.78, 5) is 7.19. The highest BCUT2D eigenvalue weighted by Gasteiger charge is 2.30. The van der Waals surface area contributed by atoms with Gasteiger partial charge in [-0.3, -0.25) is 4.90 Å². The molecule has 2 aliphatic rings. The predicted octanol–water partition coefficient (Wildman–Crippen LogP) is 2.55. The van der Waals surface area contributed by atoms with E-state index in [0.29, 0.717) is 17.9 Å². The molecule has 1 unspecified atom stereocenters. The fraction of sp³-hybridized carbons (Fsp3) is 0.867. The van der Waals surface area contributed by atoms with Crippen LogP contribution in [0.2, 0.25) is 0 Å². The second kappa shape index (κ2) is 6.22. The third-order valence-corrected chi connectivity index (χ3v) is 4.48. The van der Waals surface area contributed by atoms with Gasteiger partial charge >= 0.3 is 0 Å². The Labute approximate surface area is 120 Å². The third kappa shape index (κ3) is 3.04. The minimum absolute atomic E-state index is 0.336. The molecule has 1 aromatic rings. The van der Waals surface area contributed by atoms with Crippen LogP contribution in [0.4, 0.5) is 0 Å². The maximum absolute atomic E-state index is 5.49. The summed E-state index contributed by atoms with van der Waals surface area (Å²) in [5, 5.41) is 4.10. The summed E-state index contributed by atoms with van der Waals surface area (Å²) in [6, 6.07) is 0.680. The average Bonchev–Trinajstić information content (AvgIpc) is 2.98. The second-order valence-corrected chi connectivity index (χ2v) is 6.32. The monoisotopic (exact) mass is 279 g/mol. The Morgan fingerprint density at radius 2 is 2.00 bits per heavy atom. The van der Waals surface area contributed by atoms with E-state index in [1.54, 1.807) is 0 Å². The highest BCUT2D eigenvalue weighted by Crippen LogP contribution is 2.29. The molecular formula is C15H25N3O2. The lowest BCUT2D eigenvalue weighted by atomic mass is 9.94. The molecular weight excluding hydrogens is 254 g/mol. The lowest BCUT2D eigenvalue weighted by molar-refractivity contribution is 0.0221. The van der Waals surface area contributed by atoms with Crippen molar-refractivity contribution in [3.63, 3.8) is 0 Å². The quantitative estimate of drug-likeness (QED) is 0.851. The van der Waals surface area contributed by atoms with Crippen LogP contribution in [0.15, 0.2) is 4.52 Å². The van der Waals surface area contributed by atoms with Crippen LogP contribution in [0.3, 0.4) is 0 Å². The molecule has 0 aliphatic carbocycles. The van der Waals surface area contributed by atoms with Crippen LogP contribution < -0.4 is 0 Å². The first-order valence-electron chi connectivity index (χ1n) is 7.89. The zero-order chi connectivity index (χ0) is 13.9. The van der Waals surface area contributed by atoms with E-state index in [4.69, 9.17) is 9.26 Å². The summed E-state index contributed by atoms with van der Waals surface area (Å²) < 4.78 is 11.0. The summed E-state index contributed by atoms with van der Waals surface area (Å²) >= 11 is 0. The number of hydrogen-bond acceptors (Lipinski definition) is 5. The van der Waals surface area contributed by atoms with E-state index in [-0.39, 0.29) is 0 Å². The van der Waals surface area contributed by atoms with Gasteiger partial charge in [0.1, 0.15) is 0 Å². The highest BCUT2D eigenvalue weighted by atomic mass is 16.5. The number of piperidine rings is 1. The molecule has 112 valence electrons. The molecule has 0 saturated carbocycles. The maximum Gasteiger partial charge on any atom is 0.231 e. The van der Waals surface area contributed by atoms with Gasteiger partial charge in [-0.1, -0.05) is 19.0 Å². The number of likely N-dealkylation sites (tertiary alicyclic amines) is 1. The van der Waals surface area contributed by atoms with E-state index in [1.165, 1.54) is 19.4 Å². The molecule has 3 heterocycles. The number of rotatable bonds is 3. The standard InChI is InChI=1S/C15H25N3O2/c1-11(2)14-16-15(20-17-14)12-4-3-7-18(10-12)13-5-8-19-9-6-13/h11-13H,3-10H2,1-2H3. The molecule has 0 amide bonds. The summed E-state index contributed by atoms with van der Waals surface area (Å²) in [5.74, 6) is 2.42. The highest BCUT2D eigenvalue weighted by molar-refractivity contribution is 5.00. The fourth-order valence-corrected chi connectivity index (χ4v) is 3.24. The predicted molar refractivity (Wildman–Crippen MR) is 75.8 cm³/mol. The zero-order valence-electron chi connectivity index (χ0n) is 12.5. The first kappa shape index (κ1) is 14.0. The van der Waals surface area contributed by atoms with Gasteiger partial charge in [-0.15, -0.1) is 0 Å². The summed E-state index contributed by atoms with van der Waals surface area (Å²) in [6.45, 7) is 8.28. The minimum Gasteiger partial charge on any atom is -0.381 e. The van der Waals surface area contributed by atoms with Gasteiger partial charge in [0, 0.05) is 31.7 Å². The second-order valence-electron chi connectivity index (χ2n) is 6.32. The zero-order valence-corrected chi connectivity index (χ0v) is 12.5. The molecule has 5 nitrogen and oxygen atoms in total. The molecule has 2 saturated heterocycles. The molecule has 20 heavy (non-hydrogen) atoms. The van der Waals surface area contributed by atoms with Crippen molar-refractivity contribution in [2.24, 2.45) is 0 Å². The van der Waals surface area contributed by atoms with Gasteiger partial charge in [0.25, 0.3) is 0 Å².